The highest BCUT2D eigenvalue weighted by Crippen LogP contribution is 2.26. The van der Waals surface area contributed by atoms with Gasteiger partial charge in [0, 0.05) is 48.0 Å². The molecule has 1 aliphatic rings. The summed E-state index contributed by atoms with van der Waals surface area (Å²) in [6.45, 7) is 1.19. The molecule has 4 heterocycles. The maximum Gasteiger partial charge on any atom is 0.275 e. The number of fused-ring (bicyclic) bond motifs is 6. The lowest BCUT2D eigenvalue weighted by molar-refractivity contribution is 0.0865. The third-order valence-electron chi connectivity index (χ3n) is 4.26. The van der Waals surface area contributed by atoms with Crippen molar-refractivity contribution in [2.45, 2.75) is 12.8 Å². The number of thiazole rings is 1. The number of nitrogens with zero attached hydrogens (tertiary/aromatic N) is 3. The van der Waals surface area contributed by atoms with Gasteiger partial charge in [-0.15, -0.1) is 11.3 Å². The molecule has 1 N–H and O–H groups in total. The number of carbonyl (C=O) groups is 2. The lowest BCUT2D eigenvalue weighted by atomic mass is 10.1. The number of pyridine rings is 2. The van der Waals surface area contributed by atoms with Crippen LogP contribution < -0.4 is 10.1 Å². The number of aromatic nitrogens is 3. The second-order valence-electron chi connectivity index (χ2n) is 6.28. The van der Waals surface area contributed by atoms with Crippen molar-refractivity contribution in [3.05, 3.63) is 53.4 Å². The third-order valence-corrected chi connectivity index (χ3v) is 5.15. The SMILES string of the molecule is O=C1Nc2cnccc2C(=O)CCCOCCOc2cc(ccn2)-c2nc1cs2. The largest absolute Gasteiger partial charge is 0.475 e. The molecule has 0 saturated heterocycles. The lowest BCUT2D eigenvalue weighted by Gasteiger charge is -2.10. The van der Waals surface area contributed by atoms with Crippen LogP contribution in [0.15, 0.2) is 42.2 Å². The van der Waals surface area contributed by atoms with Gasteiger partial charge in [-0.1, -0.05) is 0 Å². The number of rotatable bonds is 0. The summed E-state index contributed by atoms with van der Waals surface area (Å²) in [7, 11) is 0. The van der Waals surface area contributed by atoms with Gasteiger partial charge in [0.1, 0.15) is 17.3 Å². The molecule has 0 radical (unpaired) electrons. The highest BCUT2D eigenvalue weighted by Gasteiger charge is 2.17. The maximum absolute atomic E-state index is 12.7. The van der Waals surface area contributed by atoms with E-state index in [-0.39, 0.29) is 11.5 Å². The van der Waals surface area contributed by atoms with Crippen molar-refractivity contribution in [2.24, 2.45) is 0 Å². The van der Waals surface area contributed by atoms with Crippen LogP contribution in [0.1, 0.15) is 33.7 Å². The Balaban J connectivity index is 1.64. The van der Waals surface area contributed by atoms with Gasteiger partial charge in [-0.05, 0) is 18.6 Å². The normalized spacial score (nSPS) is 15.4. The number of nitrogens with one attached hydrogen (secondary N) is 1. The van der Waals surface area contributed by atoms with Crippen LogP contribution in [0.25, 0.3) is 10.6 Å². The predicted octanol–water partition coefficient (Wildman–Crippen LogP) is 3.22. The molecule has 0 saturated carbocycles. The van der Waals surface area contributed by atoms with Crippen LogP contribution in [0.3, 0.4) is 0 Å². The summed E-state index contributed by atoms with van der Waals surface area (Å²) in [5, 5.41) is 5.09. The number of ether oxygens (including phenoxy) is 2. The van der Waals surface area contributed by atoms with Gasteiger partial charge in [0.05, 0.1) is 18.5 Å². The number of amides is 1. The van der Waals surface area contributed by atoms with Crippen molar-refractivity contribution in [1.29, 1.82) is 0 Å². The summed E-state index contributed by atoms with van der Waals surface area (Å²) < 4.78 is 11.1. The first-order valence-corrected chi connectivity index (χ1v) is 10.00. The molecular weight excluding hydrogens is 392 g/mol. The molecule has 9 heteroatoms. The van der Waals surface area contributed by atoms with Crippen LogP contribution in [-0.4, -0.2) is 46.5 Å². The molecule has 3 aromatic rings. The second kappa shape index (κ2) is 8.89. The Bertz CT molecular complexity index is 1040. The molecule has 3 aromatic heterocycles. The average Bonchev–Trinajstić information content (AvgIpc) is 3.23. The molecule has 0 aromatic carbocycles. The second-order valence-corrected chi connectivity index (χ2v) is 7.14. The summed E-state index contributed by atoms with van der Waals surface area (Å²) in [4.78, 5) is 37.8. The first-order chi connectivity index (χ1) is 14.2. The Labute approximate surface area is 170 Å². The van der Waals surface area contributed by atoms with Crippen LogP contribution >= 0.6 is 11.3 Å². The highest BCUT2D eigenvalue weighted by atomic mass is 32.1. The molecule has 29 heavy (non-hydrogen) atoms. The van der Waals surface area contributed by atoms with Crippen molar-refractivity contribution in [2.75, 3.05) is 25.1 Å². The quantitative estimate of drug-likeness (QED) is 0.607. The van der Waals surface area contributed by atoms with Crippen LogP contribution in [-0.2, 0) is 4.74 Å². The molecule has 0 atom stereocenters. The van der Waals surface area contributed by atoms with E-state index in [4.69, 9.17) is 9.47 Å². The van der Waals surface area contributed by atoms with Gasteiger partial charge in [0.25, 0.3) is 5.91 Å². The molecule has 0 unspecified atom stereocenters. The molecule has 0 spiro atoms. The summed E-state index contributed by atoms with van der Waals surface area (Å²) in [6.07, 6.45) is 5.51. The molecule has 1 amide bonds. The van der Waals surface area contributed by atoms with E-state index in [1.807, 2.05) is 0 Å². The maximum atomic E-state index is 12.7. The Morgan fingerprint density at radius 1 is 1.10 bits per heavy atom. The van der Waals surface area contributed by atoms with E-state index in [1.54, 1.807) is 29.8 Å². The van der Waals surface area contributed by atoms with Gasteiger partial charge in [0.15, 0.2) is 5.78 Å². The Hall–Kier alpha value is -3.17. The van der Waals surface area contributed by atoms with Gasteiger partial charge in [-0.2, -0.15) is 0 Å². The molecule has 4 bridgehead atoms. The van der Waals surface area contributed by atoms with Crippen LogP contribution in [0.5, 0.6) is 5.88 Å². The van der Waals surface area contributed by atoms with E-state index in [0.29, 0.717) is 54.8 Å². The lowest BCUT2D eigenvalue weighted by Crippen LogP contribution is -2.16. The van der Waals surface area contributed by atoms with Crippen LogP contribution in [0, 0.1) is 0 Å². The Morgan fingerprint density at radius 2 is 2.03 bits per heavy atom. The van der Waals surface area contributed by atoms with E-state index in [1.165, 1.54) is 23.7 Å². The summed E-state index contributed by atoms with van der Waals surface area (Å²) in [6, 6.07) is 5.19. The zero-order chi connectivity index (χ0) is 20.1. The van der Waals surface area contributed by atoms with E-state index in [0.717, 1.165) is 5.56 Å². The van der Waals surface area contributed by atoms with E-state index in [9.17, 15) is 9.59 Å². The molecule has 1 aliphatic heterocycles. The molecular formula is C20H18N4O4S. The Kier molecular flexibility index (Phi) is 5.87. The Morgan fingerprint density at radius 3 is 2.97 bits per heavy atom. The van der Waals surface area contributed by atoms with Crippen molar-refractivity contribution < 1.29 is 19.1 Å². The molecule has 8 nitrogen and oxygen atoms in total. The van der Waals surface area contributed by atoms with E-state index < -0.39 is 5.91 Å². The molecule has 0 aliphatic carbocycles. The summed E-state index contributed by atoms with van der Waals surface area (Å²) >= 11 is 1.34. The predicted molar refractivity (Wildman–Crippen MR) is 107 cm³/mol. The van der Waals surface area contributed by atoms with Crippen molar-refractivity contribution >= 4 is 28.7 Å². The van der Waals surface area contributed by atoms with E-state index >= 15 is 0 Å². The zero-order valence-corrected chi connectivity index (χ0v) is 16.3. The minimum atomic E-state index is -0.399. The monoisotopic (exact) mass is 410 g/mol. The van der Waals surface area contributed by atoms with Crippen LogP contribution in [0.4, 0.5) is 5.69 Å². The van der Waals surface area contributed by atoms with Gasteiger partial charge < -0.3 is 14.8 Å². The minimum Gasteiger partial charge on any atom is -0.475 e. The first-order valence-electron chi connectivity index (χ1n) is 9.12. The smallest absolute Gasteiger partial charge is 0.275 e. The van der Waals surface area contributed by atoms with Gasteiger partial charge in [-0.3, -0.25) is 14.6 Å². The van der Waals surface area contributed by atoms with E-state index in [2.05, 4.69) is 20.3 Å². The van der Waals surface area contributed by atoms with Crippen molar-refractivity contribution in [3.8, 4) is 16.5 Å². The fourth-order valence-electron chi connectivity index (χ4n) is 2.83. The number of Topliss-reactive ketones (excluding diaryl/α,β-unsaturated/α-hetero) is 1. The zero-order valence-electron chi connectivity index (χ0n) is 15.5. The fourth-order valence-corrected chi connectivity index (χ4v) is 3.63. The standard InChI is InChI=1S/C20H18N4O4S/c25-17-2-1-7-27-8-9-28-18-10-13(3-6-22-18)20-24-16(12-29-20)19(26)23-15-11-21-5-4-14(15)17/h3-6,10-12H,1-2,7-9H2,(H,23,26). The third kappa shape index (κ3) is 4.64. The number of ketones is 1. The minimum absolute atomic E-state index is 0.0817. The summed E-state index contributed by atoms with van der Waals surface area (Å²) in [5.41, 5.74) is 1.87. The fraction of sp³-hybridized carbons (Fsp3) is 0.250. The number of hydrogen-bond donors (Lipinski definition) is 1. The molecule has 0 fully saturated rings. The van der Waals surface area contributed by atoms with Crippen LogP contribution in [0.2, 0.25) is 0 Å². The van der Waals surface area contributed by atoms with Gasteiger partial charge in [0.2, 0.25) is 5.88 Å². The summed E-state index contributed by atoms with van der Waals surface area (Å²) in [5.74, 6) is -0.0186. The molecule has 4 rings (SSSR count). The number of carbonyl (C=O) groups excluding carboxylic acids is 2. The van der Waals surface area contributed by atoms with Gasteiger partial charge in [-0.25, -0.2) is 9.97 Å². The first kappa shape index (κ1) is 19.2. The van der Waals surface area contributed by atoms with Crippen molar-refractivity contribution in [1.82, 2.24) is 15.0 Å². The number of anilines is 1. The topological polar surface area (TPSA) is 103 Å². The van der Waals surface area contributed by atoms with Crippen molar-refractivity contribution in [3.63, 3.8) is 0 Å². The highest BCUT2D eigenvalue weighted by molar-refractivity contribution is 7.13. The van der Waals surface area contributed by atoms with Gasteiger partial charge >= 0.3 is 0 Å². The number of hydrogen-bond acceptors (Lipinski definition) is 8. The average molecular weight is 410 g/mol. The molecule has 148 valence electrons.